The van der Waals surface area contributed by atoms with Gasteiger partial charge in [0.15, 0.2) is 0 Å². The van der Waals surface area contributed by atoms with Crippen LogP contribution in [0.5, 0.6) is 0 Å². The summed E-state index contributed by atoms with van der Waals surface area (Å²) >= 11 is 0. The molecular formula is C18H24N4O3S. The van der Waals surface area contributed by atoms with Crippen molar-refractivity contribution in [3.8, 4) is 0 Å². The quantitative estimate of drug-likeness (QED) is 0.869. The predicted molar refractivity (Wildman–Crippen MR) is 99.2 cm³/mol. The van der Waals surface area contributed by atoms with E-state index in [1.165, 1.54) is 0 Å². The molecule has 0 saturated carbocycles. The maximum Gasteiger partial charge on any atom is 0.248 e. The van der Waals surface area contributed by atoms with Crippen LogP contribution in [0, 0.1) is 5.92 Å². The third kappa shape index (κ3) is 3.96. The first-order valence-electron chi connectivity index (χ1n) is 8.78. The molecule has 8 heteroatoms. The molecule has 1 N–H and O–H groups in total. The first kappa shape index (κ1) is 18.6. The lowest BCUT2D eigenvalue weighted by atomic mass is 10.0. The molecule has 26 heavy (non-hydrogen) atoms. The monoisotopic (exact) mass is 376 g/mol. The molecule has 3 rings (SSSR count). The van der Waals surface area contributed by atoms with Crippen LogP contribution in [-0.2, 0) is 14.8 Å². The minimum absolute atomic E-state index is 0.214. The first-order chi connectivity index (χ1) is 12.4. The molecule has 1 unspecified atom stereocenters. The van der Waals surface area contributed by atoms with Crippen molar-refractivity contribution in [1.82, 2.24) is 14.1 Å². The van der Waals surface area contributed by atoms with E-state index in [1.807, 2.05) is 0 Å². The molecule has 0 radical (unpaired) electrons. The van der Waals surface area contributed by atoms with E-state index in [4.69, 9.17) is 0 Å². The fourth-order valence-corrected chi connectivity index (χ4v) is 4.43. The Morgan fingerprint density at radius 2 is 1.88 bits per heavy atom. The lowest BCUT2D eigenvalue weighted by molar-refractivity contribution is -0.119. The zero-order valence-corrected chi connectivity index (χ0v) is 15.8. The number of hydrogen-bond acceptors (Lipinski definition) is 4. The van der Waals surface area contributed by atoms with Gasteiger partial charge in [-0.25, -0.2) is 8.42 Å². The van der Waals surface area contributed by atoms with Crippen LogP contribution < -0.4 is 5.32 Å². The first-order valence-corrected chi connectivity index (χ1v) is 10.2. The van der Waals surface area contributed by atoms with Gasteiger partial charge in [-0.1, -0.05) is 6.92 Å². The Balaban J connectivity index is 1.67. The van der Waals surface area contributed by atoms with Crippen molar-refractivity contribution in [3.63, 3.8) is 0 Å². The molecule has 7 nitrogen and oxygen atoms in total. The summed E-state index contributed by atoms with van der Waals surface area (Å²) in [7, 11) is -3.48. The van der Waals surface area contributed by atoms with Crippen LogP contribution in [0.25, 0.3) is 0 Å². The van der Waals surface area contributed by atoms with Gasteiger partial charge in [0.2, 0.25) is 15.9 Å². The van der Waals surface area contributed by atoms with Gasteiger partial charge >= 0.3 is 0 Å². The third-order valence-electron chi connectivity index (χ3n) is 4.80. The van der Waals surface area contributed by atoms with Crippen molar-refractivity contribution in [1.29, 1.82) is 0 Å². The Bertz CT molecular complexity index is 839. The summed E-state index contributed by atoms with van der Waals surface area (Å²) in [4.78, 5) is 12.5. The van der Waals surface area contributed by atoms with Crippen LogP contribution >= 0.6 is 0 Å². The van der Waals surface area contributed by atoms with E-state index in [0.29, 0.717) is 24.7 Å². The molecule has 2 aromatic rings. The Morgan fingerprint density at radius 1 is 1.23 bits per heavy atom. The van der Waals surface area contributed by atoms with E-state index in [9.17, 15) is 13.2 Å². The number of anilines is 1. The number of nitrogens with one attached hydrogen (secondary N) is 1. The van der Waals surface area contributed by atoms with Crippen LogP contribution in [0.15, 0.2) is 47.6 Å². The number of carbonyl (C=O) groups is 1. The molecule has 1 fully saturated rings. The summed E-state index contributed by atoms with van der Waals surface area (Å²) in [6, 6.07) is 7.62. The Kier molecular flexibility index (Phi) is 5.43. The molecule has 0 aliphatic carbocycles. The van der Waals surface area contributed by atoms with Gasteiger partial charge in [-0.3, -0.25) is 9.48 Å². The van der Waals surface area contributed by atoms with Crippen molar-refractivity contribution >= 4 is 21.6 Å². The molecular weight excluding hydrogens is 352 g/mol. The number of carbonyl (C=O) groups excluding carboxylic acids is 1. The second-order valence-electron chi connectivity index (χ2n) is 6.76. The van der Waals surface area contributed by atoms with Gasteiger partial charge < -0.3 is 5.32 Å². The van der Waals surface area contributed by atoms with Crippen LogP contribution in [0.3, 0.4) is 0 Å². The summed E-state index contributed by atoms with van der Waals surface area (Å²) in [5, 5.41) is 6.84. The molecule has 1 aliphatic heterocycles. The van der Waals surface area contributed by atoms with E-state index in [2.05, 4.69) is 17.3 Å². The van der Waals surface area contributed by atoms with Crippen molar-refractivity contribution in [2.24, 2.45) is 5.92 Å². The number of benzene rings is 1. The molecule has 1 aromatic heterocycles. The topological polar surface area (TPSA) is 84.3 Å². The molecule has 2 heterocycles. The van der Waals surface area contributed by atoms with E-state index in [-0.39, 0.29) is 10.8 Å². The minimum atomic E-state index is -3.48. The van der Waals surface area contributed by atoms with E-state index < -0.39 is 16.1 Å². The summed E-state index contributed by atoms with van der Waals surface area (Å²) in [5.74, 6) is 0.352. The Labute approximate surface area is 154 Å². The molecule has 140 valence electrons. The number of nitrogens with zero attached hydrogens (tertiary/aromatic N) is 3. The highest BCUT2D eigenvalue weighted by molar-refractivity contribution is 7.89. The van der Waals surface area contributed by atoms with Gasteiger partial charge in [-0.15, -0.1) is 0 Å². The average Bonchev–Trinajstić information content (AvgIpc) is 3.16. The fraction of sp³-hybridized carbons (Fsp3) is 0.444. The summed E-state index contributed by atoms with van der Waals surface area (Å²) in [6.07, 6.45) is 5.11. The number of aromatic nitrogens is 2. The van der Waals surface area contributed by atoms with Crippen molar-refractivity contribution < 1.29 is 13.2 Å². The second kappa shape index (κ2) is 7.59. The molecule has 1 aromatic carbocycles. The van der Waals surface area contributed by atoms with Crippen molar-refractivity contribution in [2.45, 2.75) is 37.6 Å². The lowest BCUT2D eigenvalue weighted by Crippen LogP contribution is -2.37. The summed E-state index contributed by atoms with van der Waals surface area (Å²) in [6.45, 7) is 5.01. The van der Waals surface area contributed by atoms with Gasteiger partial charge in [0.05, 0.1) is 4.90 Å². The lowest BCUT2D eigenvalue weighted by Gasteiger charge is -2.29. The van der Waals surface area contributed by atoms with Crippen molar-refractivity contribution in [2.75, 3.05) is 18.4 Å². The zero-order chi connectivity index (χ0) is 18.7. The number of piperidine rings is 1. The minimum Gasteiger partial charge on any atom is -0.324 e. The highest BCUT2D eigenvalue weighted by Crippen LogP contribution is 2.24. The van der Waals surface area contributed by atoms with Gasteiger partial charge in [-0.05, 0) is 56.0 Å². The largest absolute Gasteiger partial charge is 0.324 e. The average molecular weight is 376 g/mol. The smallest absolute Gasteiger partial charge is 0.248 e. The van der Waals surface area contributed by atoms with Crippen LogP contribution in [0.2, 0.25) is 0 Å². The van der Waals surface area contributed by atoms with Crippen LogP contribution in [0.4, 0.5) is 5.69 Å². The van der Waals surface area contributed by atoms with Crippen LogP contribution in [0.1, 0.15) is 32.7 Å². The molecule has 1 aliphatic rings. The van der Waals surface area contributed by atoms with E-state index in [0.717, 1.165) is 12.8 Å². The number of sulfonamides is 1. The number of hydrogen-bond donors (Lipinski definition) is 1. The fourth-order valence-electron chi connectivity index (χ4n) is 2.96. The summed E-state index contributed by atoms with van der Waals surface area (Å²) in [5.41, 5.74) is 0.556. The summed E-state index contributed by atoms with van der Waals surface area (Å²) < 4.78 is 28.5. The zero-order valence-electron chi connectivity index (χ0n) is 15.0. The van der Waals surface area contributed by atoms with Gasteiger partial charge in [0.25, 0.3) is 0 Å². The molecule has 0 bridgehead atoms. The highest BCUT2D eigenvalue weighted by atomic mass is 32.2. The normalized spacial score (nSPS) is 17.8. The third-order valence-corrected chi connectivity index (χ3v) is 6.72. The Morgan fingerprint density at radius 3 is 2.46 bits per heavy atom. The molecule has 0 spiro atoms. The SMILES string of the molecule is CC1CCN(S(=O)(=O)c2ccc(NC(=O)C(C)n3cccn3)cc2)CC1. The number of amides is 1. The van der Waals surface area contributed by atoms with E-state index in [1.54, 1.807) is 58.6 Å². The van der Waals surface area contributed by atoms with Gasteiger partial charge in [-0.2, -0.15) is 9.40 Å². The molecule has 1 saturated heterocycles. The van der Waals surface area contributed by atoms with E-state index >= 15 is 0 Å². The second-order valence-corrected chi connectivity index (χ2v) is 8.70. The molecule has 1 atom stereocenters. The maximum absolute atomic E-state index is 12.7. The predicted octanol–water partition coefficient (Wildman–Crippen LogP) is 2.50. The maximum atomic E-state index is 12.7. The number of rotatable bonds is 5. The molecule has 1 amide bonds. The standard InChI is InChI=1S/C18H24N4O3S/c1-14-8-12-21(13-9-14)26(24,25)17-6-4-16(5-7-17)20-18(23)15(2)22-11-3-10-19-22/h3-7,10-11,14-15H,8-9,12-13H2,1-2H3,(H,20,23). The highest BCUT2D eigenvalue weighted by Gasteiger charge is 2.28. The van der Waals surface area contributed by atoms with Crippen molar-refractivity contribution in [3.05, 3.63) is 42.7 Å². The van der Waals surface area contributed by atoms with Crippen LogP contribution in [-0.4, -0.2) is 41.5 Å². The van der Waals surface area contributed by atoms with Gasteiger partial charge in [0, 0.05) is 31.2 Å². The van der Waals surface area contributed by atoms with Gasteiger partial charge in [0.1, 0.15) is 6.04 Å². The Hall–Kier alpha value is -2.19.